The molecule has 5 rings (SSSR count). The molecule has 0 spiro atoms. The largest absolute Gasteiger partial charge is 0.368 e. The number of rotatable bonds is 7. The molecule has 0 atom stereocenters. The normalized spacial score (nSPS) is 16.0. The van der Waals surface area contributed by atoms with Crippen LogP contribution in [0.4, 0.5) is 33.6 Å². The second-order valence-electron chi connectivity index (χ2n) is 11.9. The molecule has 11 nitrogen and oxygen atoms in total. The third kappa shape index (κ3) is 7.29. The lowest BCUT2D eigenvalue weighted by Gasteiger charge is -2.37. The monoisotopic (exact) mass is 592 g/mol. The summed E-state index contributed by atoms with van der Waals surface area (Å²) in [6, 6.07) is 14.9. The summed E-state index contributed by atoms with van der Waals surface area (Å²) in [6.07, 6.45) is 3.93. The average Bonchev–Trinajstić information content (AvgIpc) is 3.49. The van der Waals surface area contributed by atoms with Crippen molar-refractivity contribution in [2.45, 2.75) is 51.0 Å². The lowest BCUT2D eigenvalue weighted by atomic mass is 10.1. The summed E-state index contributed by atoms with van der Waals surface area (Å²) in [7, 11) is -3.67. The molecule has 224 valence electrons. The molecular weight excluding hydrogens is 552 g/mol. The van der Waals surface area contributed by atoms with Gasteiger partial charge in [-0.05, 0) is 83.0 Å². The first kappa shape index (κ1) is 29.6. The summed E-state index contributed by atoms with van der Waals surface area (Å²) in [4.78, 5) is 28.2. The highest BCUT2D eigenvalue weighted by Gasteiger charge is 2.27. The Labute approximate surface area is 248 Å². The minimum atomic E-state index is -3.67. The fourth-order valence-corrected chi connectivity index (χ4v) is 6.58. The molecule has 0 aliphatic carbocycles. The van der Waals surface area contributed by atoms with Crippen LogP contribution in [0.5, 0.6) is 0 Å². The molecule has 3 N–H and O–H groups in total. The van der Waals surface area contributed by atoms with Gasteiger partial charge in [-0.1, -0.05) is 6.07 Å². The first-order valence-electron chi connectivity index (χ1n) is 14.4. The van der Waals surface area contributed by atoms with Crippen molar-refractivity contribution < 1.29 is 13.2 Å². The minimum absolute atomic E-state index is 0.173. The number of nitrogens with zero attached hydrogens (tertiary/aromatic N) is 5. The molecular formula is C30H40N8O3S. The van der Waals surface area contributed by atoms with Crippen molar-refractivity contribution in [2.24, 2.45) is 0 Å². The van der Waals surface area contributed by atoms with Crippen LogP contribution in [-0.4, -0.2) is 79.0 Å². The highest BCUT2D eigenvalue weighted by Crippen LogP contribution is 2.25. The van der Waals surface area contributed by atoms with E-state index in [9.17, 15) is 13.2 Å². The Kier molecular flexibility index (Phi) is 8.55. The second-order valence-corrected chi connectivity index (χ2v) is 13.5. The molecule has 0 radical (unpaired) electrons. The third-order valence-corrected chi connectivity index (χ3v) is 8.99. The van der Waals surface area contributed by atoms with Gasteiger partial charge in [0.2, 0.25) is 16.0 Å². The maximum Gasteiger partial charge on any atom is 0.320 e. The van der Waals surface area contributed by atoms with Crippen LogP contribution < -0.4 is 20.3 Å². The quantitative estimate of drug-likeness (QED) is 0.361. The molecule has 0 saturated carbocycles. The number of aryl methyl sites for hydroxylation is 1. The van der Waals surface area contributed by atoms with Crippen LogP contribution in [0.1, 0.15) is 39.2 Å². The molecule has 3 heterocycles. The summed E-state index contributed by atoms with van der Waals surface area (Å²) in [5, 5.41) is 6.49. The molecule has 1 aromatic heterocycles. The Balaban J connectivity index is 1.20. The van der Waals surface area contributed by atoms with E-state index in [4.69, 9.17) is 0 Å². The van der Waals surface area contributed by atoms with Gasteiger partial charge >= 0.3 is 6.03 Å². The van der Waals surface area contributed by atoms with Gasteiger partial charge in [-0.25, -0.2) is 22.9 Å². The highest BCUT2D eigenvalue weighted by atomic mass is 32.2. The predicted molar refractivity (Wildman–Crippen MR) is 166 cm³/mol. The van der Waals surface area contributed by atoms with Gasteiger partial charge < -0.3 is 25.3 Å². The standard InChI is InChI=1S/C30H40N8O3S/c1-22-21-31-28(34-27(22)32-24-8-7-9-26(20-24)42(40,41)35-30(2,3)4)33-23-10-12-25(13-11-23)36-16-18-38(19-17-36)29(39)37-14-5-6-15-37/h7-13,20-21,35H,5-6,14-19H2,1-4H3,(H2,31,32,33,34). The summed E-state index contributed by atoms with van der Waals surface area (Å²) in [5.74, 6) is 0.992. The zero-order valence-corrected chi connectivity index (χ0v) is 25.5. The van der Waals surface area contributed by atoms with Gasteiger partial charge in [-0.15, -0.1) is 0 Å². The average molecular weight is 593 g/mol. The Morgan fingerprint density at radius 1 is 0.857 bits per heavy atom. The smallest absolute Gasteiger partial charge is 0.320 e. The van der Waals surface area contributed by atoms with Gasteiger partial charge in [-0.3, -0.25) is 0 Å². The Bertz CT molecular complexity index is 1510. The molecule has 12 heteroatoms. The minimum Gasteiger partial charge on any atom is -0.368 e. The van der Waals surface area contributed by atoms with Gasteiger partial charge in [0, 0.05) is 73.6 Å². The molecule has 0 unspecified atom stereocenters. The summed E-state index contributed by atoms with van der Waals surface area (Å²) in [6.45, 7) is 12.1. The van der Waals surface area contributed by atoms with Gasteiger partial charge in [0.1, 0.15) is 5.82 Å². The van der Waals surface area contributed by atoms with Crippen molar-refractivity contribution in [3.8, 4) is 0 Å². The molecule has 2 saturated heterocycles. The van der Waals surface area contributed by atoms with E-state index in [2.05, 4.69) is 42.4 Å². The first-order valence-corrected chi connectivity index (χ1v) is 15.9. The molecule has 2 amide bonds. The van der Waals surface area contributed by atoms with Crippen LogP contribution in [0.15, 0.2) is 59.6 Å². The number of piperazine rings is 1. The van der Waals surface area contributed by atoms with Crippen molar-refractivity contribution in [3.63, 3.8) is 0 Å². The van der Waals surface area contributed by atoms with Crippen molar-refractivity contribution in [1.29, 1.82) is 0 Å². The highest BCUT2D eigenvalue weighted by molar-refractivity contribution is 7.89. The van der Waals surface area contributed by atoms with E-state index < -0.39 is 15.6 Å². The lowest BCUT2D eigenvalue weighted by molar-refractivity contribution is 0.159. The van der Waals surface area contributed by atoms with Crippen molar-refractivity contribution >= 4 is 44.9 Å². The van der Waals surface area contributed by atoms with Crippen molar-refractivity contribution in [2.75, 3.05) is 54.8 Å². The topological polar surface area (TPSA) is 123 Å². The number of urea groups is 1. The summed E-state index contributed by atoms with van der Waals surface area (Å²) >= 11 is 0. The fourth-order valence-electron chi connectivity index (χ4n) is 5.12. The summed E-state index contributed by atoms with van der Waals surface area (Å²) < 4.78 is 28.3. The van der Waals surface area contributed by atoms with Gasteiger partial charge in [0.25, 0.3) is 0 Å². The Hall–Kier alpha value is -3.90. The number of hydrogen-bond donors (Lipinski definition) is 3. The zero-order chi connectivity index (χ0) is 29.9. The van der Waals surface area contributed by atoms with Crippen LogP contribution in [-0.2, 0) is 10.0 Å². The van der Waals surface area contributed by atoms with E-state index in [0.29, 0.717) is 17.5 Å². The number of aromatic nitrogens is 2. The molecule has 2 fully saturated rings. The number of likely N-dealkylation sites (tertiary alicyclic amines) is 1. The molecule has 3 aromatic rings. The van der Waals surface area contributed by atoms with E-state index >= 15 is 0 Å². The van der Waals surface area contributed by atoms with Crippen molar-refractivity contribution in [1.82, 2.24) is 24.5 Å². The second kappa shape index (κ2) is 12.1. The summed E-state index contributed by atoms with van der Waals surface area (Å²) in [5.41, 5.74) is 2.78. The number of nitrogens with one attached hydrogen (secondary N) is 3. The van der Waals surface area contributed by atoms with Gasteiger partial charge in [0.15, 0.2) is 0 Å². The van der Waals surface area contributed by atoms with E-state index in [1.165, 1.54) is 0 Å². The zero-order valence-electron chi connectivity index (χ0n) is 24.7. The van der Waals surface area contributed by atoms with E-state index in [1.807, 2.05) is 28.9 Å². The van der Waals surface area contributed by atoms with Gasteiger partial charge in [-0.2, -0.15) is 4.98 Å². The molecule has 2 aliphatic rings. The predicted octanol–water partition coefficient (Wildman–Crippen LogP) is 4.69. The van der Waals surface area contributed by atoms with E-state index in [-0.39, 0.29) is 10.9 Å². The molecule has 2 aliphatic heterocycles. The SMILES string of the molecule is Cc1cnc(Nc2ccc(N3CCN(C(=O)N4CCCC4)CC3)cc2)nc1Nc1cccc(S(=O)(=O)NC(C)(C)C)c1. The number of anilines is 5. The number of sulfonamides is 1. The molecule has 0 bridgehead atoms. The van der Waals surface area contributed by atoms with E-state index in [1.54, 1.807) is 51.2 Å². The molecule has 42 heavy (non-hydrogen) atoms. The Morgan fingerprint density at radius 2 is 1.52 bits per heavy atom. The fraction of sp³-hybridized carbons (Fsp3) is 0.433. The number of carbonyl (C=O) groups is 1. The van der Waals surface area contributed by atoms with Crippen LogP contribution in [0, 0.1) is 6.92 Å². The maximum absolute atomic E-state index is 12.8. The lowest BCUT2D eigenvalue weighted by Crippen LogP contribution is -2.52. The Morgan fingerprint density at radius 3 is 2.19 bits per heavy atom. The maximum atomic E-state index is 12.8. The number of amides is 2. The van der Waals surface area contributed by atoms with E-state index in [0.717, 1.165) is 69.0 Å². The van der Waals surface area contributed by atoms with Crippen LogP contribution in [0.3, 0.4) is 0 Å². The first-order chi connectivity index (χ1) is 20.0. The number of hydrogen-bond acceptors (Lipinski definition) is 8. The van der Waals surface area contributed by atoms with Crippen LogP contribution in [0.2, 0.25) is 0 Å². The van der Waals surface area contributed by atoms with Crippen LogP contribution >= 0.6 is 0 Å². The number of carbonyl (C=O) groups excluding carboxylic acids is 1. The van der Waals surface area contributed by atoms with Crippen molar-refractivity contribution in [3.05, 3.63) is 60.3 Å². The molecule has 2 aromatic carbocycles. The van der Waals surface area contributed by atoms with Crippen LogP contribution in [0.25, 0.3) is 0 Å². The van der Waals surface area contributed by atoms with Gasteiger partial charge in [0.05, 0.1) is 4.90 Å². The number of benzene rings is 2. The third-order valence-electron chi connectivity index (χ3n) is 7.23.